The van der Waals surface area contributed by atoms with E-state index in [1.807, 2.05) is 25.1 Å². The van der Waals surface area contributed by atoms with Gasteiger partial charge in [0.25, 0.3) is 0 Å². The molecular weight excluding hydrogens is 242 g/mol. The number of amides is 1. The van der Waals surface area contributed by atoms with E-state index < -0.39 is 0 Å². The van der Waals surface area contributed by atoms with E-state index in [2.05, 4.69) is 5.32 Å². The average molecular weight is 261 g/mol. The fraction of sp³-hybridized carbons (Fsp3) is 0.533. The van der Waals surface area contributed by atoms with E-state index in [-0.39, 0.29) is 11.3 Å². The molecule has 0 bridgehead atoms. The highest BCUT2D eigenvalue weighted by molar-refractivity contribution is 5.95. The minimum Gasteiger partial charge on any atom is -0.486 e. The van der Waals surface area contributed by atoms with Gasteiger partial charge in [-0.2, -0.15) is 0 Å². The Labute approximate surface area is 113 Å². The van der Waals surface area contributed by atoms with Gasteiger partial charge < -0.3 is 14.8 Å². The van der Waals surface area contributed by atoms with Crippen LogP contribution in [0.1, 0.15) is 32.6 Å². The Hall–Kier alpha value is -1.71. The third-order valence-corrected chi connectivity index (χ3v) is 4.06. The second-order valence-electron chi connectivity index (χ2n) is 5.58. The highest BCUT2D eigenvalue weighted by Crippen LogP contribution is 2.39. The molecule has 1 aromatic carbocycles. The molecule has 0 radical (unpaired) electrons. The van der Waals surface area contributed by atoms with Crippen molar-refractivity contribution >= 4 is 11.6 Å². The van der Waals surface area contributed by atoms with E-state index >= 15 is 0 Å². The van der Waals surface area contributed by atoms with E-state index in [0.717, 1.165) is 37.1 Å². The maximum atomic E-state index is 12.3. The maximum absolute atomic E-state index is 12.3. The largest absolute Gasteiger partial charge is 0.486 e. The number of carbonyl (C=O) groups excluding carboxylic acids is 1. The van der Waals surface area contributed by atoms with Crippen molar-refractivity contribution in [2.75, 3.05) is 18.5 Å². The van der Waals surface area contributed by atoms with E-state index in [0.29, 0.717) is 19.0 Å². The summed E-state index contributed by atoms with van der Waals surface area (Å²) < 4.78 is 11.0. The van der Waals surface area contributed by atoms with Gasteiger partial charge >= 0.3 is 0 Å². The Morgan fingerprint density at radius 2 is 1.84 bits per heavy atom. The van der Waals surface area contributed by atoms with Crippen molar-refractivity contribution < 1.29 is 14.3 Å². The molecule has 1 saturated carbocycles. The van der Waals surface area contributed by atoms with Crippen LogP contribution in [0.4, 0.5) is 5.69 Å². The molecule has 4 heteroatoms. The van der Waals surface area contributed by atoms with Crippen molar-refractivity contribution in [2.45, 2.75) is 32.6 Å². The number of carbonyl (C=O) groups is 1. The van der Waals surface area contributed by atoms with Crippen LogP contribution in [-0.4, -0.2) is 19.1 Å². The molecule has 19 heavy (non-hydrogen) atoms. The first kappa shape index (κ1) is 12.3. The molecule has 0 atom stereocenters. The second kappa shape index (κ2) is 4.76. The molecule has 1 amide bonds. The van der Waals surface area contributed by atoms with Gasteiger partial charge in [0.1, 0.15) is 13.2 Å². The van der Waals surface area contributed by atoms with Gasteiger partial charge in [-0.05, 0) is 25.0 Å². The van der Waals surface area contributed by atoms with Crippen LogP contribution in [0.3, 0.4) is 0 Å². The molecule has 2 aliphatic rings. The maximum Gasteiger partial charge on any atom is 0.230 e. The molecule has 3 rings (SSSR count). The second-order valence-corrected chi connectivity index (χ2v) is 5.58. The number of anilines is 1. The molecule has 0 spiro atoms. The van der Waals surface area contributed by atoms with Crippen LogP contribution < -0.4 is 14.8 Å². The van der Waals surface area contributed by atoms with Crippen LogP contribution in [0, 0.1) is 5.41 Å². The van der Waals surface area contributed by atoms with Gasteiger partial charge in [0.05, 0.1) is 0 Å². The number of benzene rings is 1. The summed E-state index contributed by atoms with van der Waals surface area (Å²) in [5.41, 5.74) is 0.565. The summed E-state index contributed by atoms with van der Waals surface area (Å²) in [5, 5.41) is 3.00. The van der Waals surface area contributed by atoms with Gasteiger partial charge in [0.15, 0.2) is 11.5 Å². The van der Waals surface area contributed by atoms with Gasteiger partial charge in [0, 0.05) is 17.2 Å². The fourth-order valence-corrected chi connectivity index (χ4v) is 2.79. The molecule has 1 aromatic rings. The topological polar surface area (TPSA) is 47.6 Å². The first-order chi connectivity index (χ1) is 9.17. The van der Waals surface area contributed by atoms with Crippen molar-refractivity contribution in [3.8, 4) is 11.5 Å². The van der Waals surface area contributed by atoms with Crippen LogP contribution in [-0.2, 0) is 4.79 Å². The molecule has 1 aliphatic heterocycles. The van der Waals surface area contributed by atoms with Gasteiger partial charge in [-0.15, -0.1) is 0 Å². The minimum absolute atomic E-state index is 0.113. The van der Waals surface area contributed by atoms with Crippen molar-refractivity contribution in [1.29, 1.82) is 0 Å². The zero-order valence-electron chi connectivity index (χ0n) is 11.2. The molecule has 1 aliphatic carbocycles. The first-order valence-electron chi connectivity index (χ1n) is 6.88. The number of nitrogens with one attached hydrogen (secondary N) is 1. The van der Waals surface area contributed by atoms with E-state index in [1.54, 1.807) is 0 Å². The van der Waals surface area contributed by atoms with Crippen molar-refractivity contribution in [1.82, 2.24) is 0 Å². The summed E-state index contributed by atoms with van der Waals surface area (Å²) in [6, 6.07) is 5.55. The average Bonchev–Trinajstić information content (AvgIpc) is 2.87. The molecule has 4 nitrogen and oxygen atoms in total. The Morgan fingerprint density at radius 3 is 2.58 bits per heavy atom. The SMILES string of the molecule is CC1(C(=O)Nc2ccc3c(c2)OCCO3)CCCC1. The molecule has 0 unspecified atom stereocenters. The molecule has 1 fully saturated rings. The zero-order valence-corrected chi connectivity index (χ0v) is 11.2. The van der Waals surface area contributed by atoms with Gasteiger partial charge in [-0.25, -0.2) is 0 Å². The van der Waals surface area contributed by atoms with E-state index in [1.165, 1.54) is 0 Å². The highest BCUT2D eigenvalue weighted by atomic mass is 16.6. The number of hydrogen-bond donors (Lipinski definition) is 1. The molecule has 1 heterocycles. The summed E-state index contributed by atoms with van der Waals surface area (Å²) in [7, 11) is 0. The molecule has 1 N–H and O–H groups in total. The number of rotatable bonds is 2. The first-order valence-corrected chi connectivity index (χ1v) is 6.88. The summed E-state index contributed by atoms with van der Waals surface area (Å²) >= 11 is 0. The van der Waals surface area contributed by atoms with Crippen LogP contribution in [0.25, 0.3) is 0 Å². The minimum atomic E-state index is -0.215. The normalized spacial score (nSPS) is 20.1. The molecule has 0 saturated heterocycles. The lowest BCUT2D eigenvalue weighted by atomic mass is 9.88. The van der Waals surface area contributed by atoms with E-state index in [9.17, 15) is 4.79 Å². The number of hydrogen-bond acceptors (Lipinski definition) is 3. The van der Waals surface area contributed by atoms with Gasteiger partial charge in [0.2, 0.25) is 5.91 Å². The standard InChI is InChI=1S/C15H19NO3/c1-15(6-2-3-7-15)14(17)16-11-4-5-12-13(10-11)19-9-8-18-12/h4-5,10H,2-3,6-9H2,1H3,(H,16,17). The van der Waals surface area contributed by atoms with Crippen molar-refractivity contribution in [2.24, 2.45) is 5.41 Å². The molecule has 0 aromatic heterocycles. The summed E-state index contributed by atoms with van der Waals surface area (Å²) in [6.45, 7) is 3.19. The quantitative estimate of drug-likeness (QED) is 0.890. The van der Waals surface area contributed by atoms with Crippen molar-refractivity contribution in [3.05, 3.63) is 18.2 Å². The molecular formula is C15H19NO3. The Bertz CT molecular complexity index is 492. The number of ether oxygens (including phenoxy) is 2. The molecule has 102 valence electrons. The van der Waals surface area contributed by atoms with Crippen LogP contribution in [0.2, 0.25) is 0 Å². The Morgan fingerprint density at radius 1 is 1.16 bits per heavy atom. The number of fused-ring (bicyclic) bond motifs is 1. The predicted octanol–water partition coefficient (Wildman–Crippen LogP) is 2.98. The summed E-state index contributed by atoms with van der Waals surface area (Å²) in [6.07, 6.45) is 4.24. The van der Waals surface area contributed by atoms with Crippen LogP contribution >= 0.6 is 0 Å². The van der Waals surface area contributed by atoms with Gasteiger partial charge in [-0.1, -0.05) is 19.8 Å². The van der Waals surface area contributed by atoms with E-state index in [4.69, 9.17) is 9.47 Å². The monoisotopic (exact) mass is 261 g/mol. The van der Waals surface area contributed by atoms with Crippen LogP contribution in [0.15, 0.2) is 18.2 Å². The Balaban J connectivity index is 1.74. The predicted molar refractivity (Wildman–Crippen MR) is 72.6 cm³/mol. The third kappa shape index (κ3) is 2.39. The highest BCUT2D eigenvalue weighted by Gasteiger charge is 2.36. The van der Waals surface area contributed by atoms with Crippen molar-refractivity contribution in [3.63, 3.8) is 0 Å². The lowest BCUT2D eigenvalue weighted by Crippen LogP contribution is -2.30. The smallest absolute Gasteiger partial charge is 0.230 e. The third-order valence-electron chi connectivity index (χ3n) is 4.06. The Kier molecular flexibility index (Phi) is 3.09. The lowest BCUT2D eigenvalue weighted by Gasteiger charge is -2.23. The lowest BCUT2D eigenvalue weighted by molar-refractivity contribution is -0.124. The summed E-state index contributed by atoms with van der Waals surface area (Å²) in [4.78, 5) is 12.3. The fourth-order valence-electron chi connectivity index (χ4n) is 2.79. The zero-order chi connectivity index (χ0) is 13.3. The summed E-state index contributed by atoms with van der Waals surface area (Å²) in [5.74, 6) is 1.57. The van der Waals surface area contributed by atoms with Gasteiger partial charge in [-0.3, -0.25) is 4.79 Å². The van der Waals surface area contributed by atoms with Crippen LogP contribution in [0.5, 0.6) is 11.5 Å².